The quantitative estimate of drug-likeness (QED) is 0.292. The number of nitrogens with one attached hydrogen (secondary N) is 2. The summed E-state index contributed by atoms with van der Waals surface area (Å²) in [6, 6.07) is 15.3. The molecule has 3 N–H and O–H groups in total. The number of anilines is 1. The average Bonchev–Trinajstić information content (AvgIpc) is 2.87. The van der Waals surface area contributed by atoms with E-state index in [0.717, 1.165) is 16.7 Å². The van der Waals surface area contributed by atoms with Gasteiger partial charge in [0.2, 0.25) is 5.91 Å². The molecular formula is C32H38ClN3O5. The molecule has 0 spiro atoms. The Kier molecular flexibility index (Phi) is 10.0. The number of aryl methyl sites for hydroxylation is 3. The number of alkyl carbamates (subject to hydrolysis) is 1. The van der Waals surface area contributed by atoms with Gasteiger partial charge < -0.3 is 25.4 Å². The molecule has 2 unspecified atom stereocenters. The molecule has 3 aromatic rings. The van der Waals surface area contributed by atoms with E-state index in [1.54, 1.807) is 45.0 Å². The van der Waals surface area contributed by atoms with E-state index < -0.39 is 35.6 Å². The second kappa shape index (κ2) is 13.1. The molecule has 3 aromatic carbocycles. The average molecular weight is 580 g/mol. The normalized spacial score (nSPS) is 12.7. The van der Waals surface area contributed by atoms with Crippen molar-refractivity contribution in [3.05, 3.63) is 93.5 Å². The Morgan fingerprint density at radius 3 is 2.24 bits per heavy atom. The summed E-state index contributed by atoms with van der Waals surface area (Å²) >= 11 is 6.41. The van der Waals surface area contributed by atoms with Gasteiger partial charge in [-0.3, -0.25) is 9.59 Å². The first-order chi connectivity index (χ1) is 19.2. The minimum atomic E-state index is -1.07. The van der Waals surface area contributed by atoms with Crippen LogP contribution in [0.3, 0.4) is 0 Å². The van der Waals surface area contributed by atoms with Gasteiger partial charge in [-0.2, -0.15) is 0 Å². The number of para-hydroxylation sites is 1. The highest BCUT2D eigenvalue weighted by atomic mass is 35.5. The van der Waals surface area contributed by atoms with Crippen molar-refractivity contribution >= 4 is 35.2 Å². The molecule has 2 atom stereocenters. The minimum absolute atomic E-state index is 0.0790. The number of rotatable bonds is 8. The molecule has 9 heteroatoms. The molecule has 0 bridgehead atoms. The highest BCUT2D eigenvalue weighted by Crippen LogP contribution is 2.30. The summed E-state index contributed by atoms with van der Waals surface area (Å²) in [4.78, 5) is 42.2. The van der Waals surface area contributed by atoms with Gasteiger partial charge in [0.1, 0.15) is 23.4 Å². The third kappa shape index (κ3) is 8.47. The largest absolute Gasteiger partial charge is 0.508 e. The summed E-state index contributed by atoms with van der Waals surface area (Å²) in [7, 11) is 1.54. The Balaban J connectivity index is 2.03. The van der Waals surface area contributed by atoms with Crippen LogP contribution in [0.2, 0.25) is 5.02 Å². The van der Waals surface area contributed by atoms with E-state index in [9.17, 15) is 19.5 Å². The number of ether oxygens (including phenoxy) is 1. The second-order valence-electron chi connectivity index (χ2n) is 11.2. The van der Waals surface area contributed by atoms with E-state index in [4.69, 9.17) is 16.3 Å². The molecule has 0 radical (unpaired) electrons. The standard InChI is InChI=1S/C32H38ClN3O5/c1-19-11-12-20(2)24(17-19)28(29(38)35-27-21(3)9-8-10-25(27)33)36(7)30(39)26(34-31(40)41-32(4,5)6)18-22-13-15-23(37)16-14-22/h8-17,26,28,37H,18H2,1-7H3,(H,34,40)(H,35,38). The Morgan fingerprint density at radius 1 is 0.976 bits per heavy atom. The van der Waals surface area contributed by atoms with Crippen LogP contribution in [0.1, 0.15) is 54.6 Å². The fourth-order valence-electron chi connectivity index (χ4n) is 4.45. The number of carbonyl (C=O) groups excluding carboxylic acids is 3. The van der Waals surface area contributed by atoms with Crippen molar-refractivity contribution in [1.29, 1.82) is 0 Å². The van der Waals surface area contributed by atoms with Crippen molar-refractivity contribution in [2.24, 2.45) is 0 Å². The van der Waals surface area contributed by atoms with E-state index in [1.807, 2.05) is 45.0 Å². The van der Waals surface area contributed by atoms with Gasteiger partial charge in [0.05, 0.1) is 10.7 Å². The lowest BCUT2D eigenvalue weighted by atomic mass is 9.96. The highest BCUT2D eigenvalue weighted by molar-refractivity contribution is 6.34. The van der Waals surface area contributed by atoms with Crippen LogP contribution in [-0.2, 0) is 20.7 Å². The molecule has 0 aliphatic heterocycles. The number of benzene rings is 3. The Hall–Kier alpha value is -4.04. The van der Waals surface area contributed by atoms with Gasteiger partial charge in [0, 0.05) is 13.5 Å². The zero-order chi connectivity index (χ0) is 30.5. The highest BCUT2D eigenvalue weighted by Gasteiger charge is 2.35. The number of halogens is 1. The molecule has 218 valence electrons. The predicted molar refractivity (Wildman–Crippen MR) is 161 cm³/mol. The first-order valence-electron chi connectivity index (χ1n) is 13.3. The molecule has 3 rings (SSSR count). The zero-order valence-corrected chi connectivity index (χ0v) is 25.3. The van der Waals surface area contributed by atoms with E-state index in [-0.39, 0.29) is 12.2 Å². The Morgan fingerprint density at radius 2 is 1.63 bits per heavy atom. The van der Waals surface area contributed by atoms with Crippen molar-refractivity contribution in [3.63, 3.8) is 0 Å². The van der Waals surface area contributed by atoms with Gasteiger partial charge in [-0.05, 0) is 82.0 Å². The van der Waals surface area contributed by atoms with Gasteiger partial charge in [-0.1, -0.05) is 59.6 Å². The topological polar surface area (TPSA) is 108 Å². The summed E-state index contributed by atoms with van der Waals surface area (Å²) in [6.45, 7) is 10.8. The molecule has 0 heterocycles. The van der Waals surface area contributed by atoms with E-state index in [1.165, 1.54) is 24.1 Å². The fourth-order valence-corrected chi connectivity index (χ4v) is 4.72. The molecule has 0 saturated carbocycles. The maximum Gasteiger partial charge on any atom is 0.408 e. The van der Waals surface area contributed by atoms with Gasteiger partial charge in [-0.25, -0.2) is 4.79 Å². The first-order valence-corrected chi connectivity index (χ1v) is 13.7. The lowest BCUT2D eigenvalue weighted by molar-refractivity contribution is -0.139. The maximum absolute atomic E-state index is 14.1. The molecule has 0 aliphatic rings. The van der Waals surface area contributed by atoms with Crippen molar-refractivity contribution in [3.8, 4) is 5.75 Å². The van der Waals surface area contributed by atoms with Gasteiger partial charge in [-0.15, -0.1) is 0 Å². The van der Waals surface area contributed by atoms with E-state index in [2.05, 4.69) is 10.6 Å². The van der Waals surface area contributed by atoms with Crippen LogP contribution in [0, 0.1) is 20.8 Å². The molecule has 0 aliphatic carbocycles. The van der Waals surface area contributed by atoms with Crippen molar-refractivity contribution in [2.75, 3.05) is 12.4 Å². The van der Waals surface area contributed by atoms with E-state index >= 15 is 0 Å². The monoisotopic (exact) mass is 579 g/mol. The van der Waals surface area contributed by atoms with Crippen molar-refractivity contribution in [1.82, 2.24) is 10.2 Å². The lowest BCUT2D eigenvalue weighted by Crippen LogP contribution is -2.52. The Labute approximate surface area is 246 Å². The summed E-state index contributed by atoms with van der Waals surface area (Å²) in [5.74, 6) is -0.873. The van der Waals surface area contributed by atoms with Gasteiger partial charge in [0.15, 0.2) is 0 Å². The first kappa shape index (κ1) is 31.5. The number of amides is 3. The van der Waals surface area contributed by atoms with Crippen LogP contribution in [-0.4, -0.2) is 46.6 Å². The number of nitrogens with zero attached hydrogens (tertiary/aromatic N) is 1. The van der Waals surface area contributed by atoms with Gasteiger partial charge >= 0.3 is 6.09 Å². The smallest absolute Gasteiger partial charge is 0.408 e. The van der Waals surface area contributed by atoms with Crippen LogP contribution in [0.4, 0.5) is 10.5 Å². The maximum atomic E-state index is 14.1. The van der Waals surface area contributed by atoms with Gasteiger partial charge in [0.25, 0.3) is 5.91 Å². The predicted octanol–water partition coefficient (Wildman–Crippen LogP) is 6.25. The fraction of sp³-hybridized carbons (Fsp3) is 0.344. The number of hydrogen-bond donors (Lipinski definition) is 3. The second-order valence-corrected chi connectivity index (χ2v) is 11.6. The molecule has 0 fully saturated rings. The Bertz CT molecular complexity index is 1400. The molecule has 0 saturated heterocycles. The number of carbonyl (C=O) groups is 3. The molecule has 8 nitrogen and oxygen atoms in total. The van der Waals surface area contributed by atoms with Crippen LogP contribution in [0.5, 0.6) is 5.75 Å². The van der Waals surface area contributed by atoms with Crippen LogP contribution in [0.15, 0.2) is 60.7 Å². The minimum Gasteiger partial charge on any atom is -0.508 e. The number of aromatic hydroxyl groups is 1. The van der Waals surface area contributed by atoms with Crippen LogP contribution in [0.25, 0.3) is 0 Å². The van der Waals surface area contributed by atoms with Crippen LogP contribution >= 0.6 is 11.6 Å². The molecule has 41 heavy (non-hydrogen) atoms. The van der Waals surface area contributed by atoms with E-state index in [0.29, 0.717) is 21.8 Å². The third-order valence-electron chi connectivity index (χ3n) is 6.55. The summed E-state index contributed by atoms with van der Waals surface area (Å²) in [5.41, 5.74) is 3.54. The number of phenols is 1. The van der Waals surface area contributed by atoms with Crippen molar-refractivity contribution in [2.45, 2.75) is 65.6 Å². The summed E-state index contributed by atoms with van der Waals surface area (Å²) in [5, 5.41) is 15.7. The summed E-state index contributed by atoms with van der Waals surface area (Å²) in [6.07, 6.45) is -0.657. The zero-order valence-electron chi connectivity index (χ0n) is 24.5. The number of phenolic OH excluding ortho intramolecular Hbond substituents is 1. The third-order valence-corrected chi connectivity index (χ3v) is 6.86. The number of likely N-dealkylation sites (N-methyl/N-ethyl adjacent to an activating group) is 1. The molecule has 3 amide bonds. The summed E-state index contributed by atoms with van der Waals surface area (Å²) < 4.78 is 5.43. The SMILES string of the molecule is Cc1ccc(C)c(C(C(=O)Nc2c(C)cccc2Cl)N(C)C(=O)C(Cc2ccc(O)cc2)NC(=O)OC(C)(C)C)c1. The molecular weight excluding hydrogens is 542 g/mol. The van der Waals surface area contributed by atoms with Crippen LogP contribution < -0.4 is 10.6 Å². The lowest BCUT2D eigenvalue weighted by Gasteiger charge is -2.32. The van der Waals surface area contributed by atoms with Crippen molar-refractivity contribution < 1.29 is 24.2 Å². The molecule has 0 aromatic heterocycles. The number of hydrogen-bond acceptors (Lipinski definition) is 5.